The maximum atomic E-state index is 5.57. The molecule has 0 unspecified atom stereocenters. The van der Waals surface area contributed by atoms with Gasteiger partial charge in [-0.1, -0.05) is 28.1 Å². The molecular weight excluding hydrogens is 270 g/mol. The average Bonchev–Trinajstić information content (AvgIpc) is 1.88. The van der Waals surface area contributed by atoms with E-state index in [2.05, 4.69) is 22.0 Å². The van der Waals surface area contributed by atoms with Crippen LogP contribution in [-0.2, 0) is 6.42 Å². The fraction of sp³-hybridized carbons (Fsp3) is 0.250. The largest absolute Gasteiger partial charge is 0.399 e. The Balaban J connectivity index is 0.000001000. The molecule has 0 radical (unpaired) electrons. The Morgan fingerprint density at radius 3 is 2.64 bits per heavy atom. The minimum Gasteiger partial charge on any atom is -0.399 e. The normalized spacial score (nSPS) is 8.82. The Morgan fingerprint density at radius 1 is 1.36 bits per heavy atom. The number of nitrogens with two attached hydrogens (primary N) is 1. The van der Waals surface area contributed by atoms with Gasteiger partial charge in [0.2, 0.25) is 0 Å². The van der Waals surface area contributed by atoms with E-state index in [4.69, 9.17) is 5.73 Å². The minimum atomic E-state index is 0. The second-order valence-corrected chi connectivity index (χ2v) is 2.98. The Kier molecular flexibility index (Phi) is 5.60. The summed E-state index contributed by atoms with van der Waals surface area (Å²) < 4.78 is 0. The fourth-order valence-corrected chi connectivity index (χ4v) is 1.32. The van der Waals surface area contributed by atoms with Crippen LogP contribution in [0.1, 0.15) is 5.56 Å². The first-order chi connectivity index (χ1) is 4.83. The fourth-order valence-electron chi connectivity index (χ4n) is 0.858. The van der Waals surface area contributed by atoms with Crippen molar-refractivity contribution in [2.45, 2.75) is 6.42 Å². The van der Waals surface area contributed by atoms with Crippen molar-refractivity contribution in [2.75, 3.05) is 11.1 Å². The summed E-state index contributed by atoms with van der Waals surface area (Å²) >= 11 is 3.37. The lowest BCUT2D eigenvalue weighted by Crippen LogP contribution is -1.88. The molecule has 3 heteroatoms. The van der Waals surface area contributed by atoms with Gasteiger partial charge in [0.15, 0.2) is 0 Å². The quantitative estimate of drug-likeness (QED) is 0.654. The van der Waals surface area contributed by atoms with Crippen LogP contribution in [0, 0.1) is 0 Å². The van der Waals surface area contributed by atoms with Crippen LogP contribution in [0.3, 0.4) is 0 Å². The lowest BCUT2D eigenvalue weighted by Gasteiger charge is -1.97. The molecule has 1 nitrogen and oxygen atoms in total. The van der Waals surface area contributed by atoms with Crippen molar-refractivity contribution in [3.8, 4) is 0 Å². The minimum absolute atomic E-state index is 0. The molecule has 0 atom stereocenters. The summed E-state index contributed by atoms with van der Waals surface area (Å²) in [5, 5.41) is 0.996. The van der Waals surface area contributed by atoms with Crippen LogP contribution < -0.4 is 5.73 Å². The number of hydrogen-bond acceptors (Lipinski definition) is 1. The van der Waals surface area contributed by atoms with Crippen LogP contribution >= 0.6 is 32.9 Å². The molecule has 0 amide bonds. The zero-order chi connectivity index (χ0) is 7.40. The number of nitrogen functional groups attached to an aromatic ring is 1. The lowest BCUT2D eigenvalue weighted by molar-refractivity contribution is 1.17. The third-order valence-electron chi connectivity index (χ3n) is 1.33. The van der Waals surface area contributed by atoms with E-state index < -0.39 is 0 Å². The molecule has 2 N–H and O–H groups in total. The highest BCUT2D eigenvalue weighted by molar-refractivity contribution is 9.09. The van der Waals surface area contributed by atoms with Gasteiger partial charge >= 0.3 is 0 Å². The van der Waals surface area contributed by atoms with E-state index in [-0.39, 0.29) is 17.0 Å². The monoisotopic (exact) mass is 279 g/mol. The number of anilines is 1. The number of rotatable bonds is 2. The average molecular weight is 281 g/mol. The van der Waals surface area contributed by atoms with E-state index in [1.807, 2.05) is 18.2 Å². The Bertz CT molecular complexity index is 213. The Morgan fingerprint density at radius 2 is 2.09 bits per heavy atom. The van der Waals surface area contributed by atoms with Gasteiger partial charge in [-0.25, -0.2) is 0 Å². The van der Waals surface area contributed by atoms with Crippen LogP contribution in [0.15, 0.2) is 24.3 Å². The van der Waals surface area contributed by atoms with Crippen LogP contribution in [0.2, 0.25) is 0 Å². The first kappa shape index (κ1) is 11.0. The molecule has 1 aromatic rings. The molecule has 0 bridgehead atoms. The molecule has 62 valence electrons. The van der Waals surface area contributed by atoms with E-state index in [0.29, 0.717) is 0 Å². The van der Waals surface area contributed by atoms with E-state index in [9.17, 15) is 0 Å². The zero-order valence-electron chi connectivity index (χ0n) is 6.09. The Hall–Kier alpha value is -0.0200. The van der Waals surface area contributed by atoms with Gasteiger partial charge in [-0.3, -0.25) is 0 Å². The van der Waals surface area contributed by atoms with Gasteiger partial charge in [0.1, 0.15) is 0 Å². The zero-order valence-corrected chi connectivity index (χ0v) is 9.39. The topological polar surface area (TPSA) is 26.0 Å². The highest BCUT2D eigenvalue weighted by Crippen LogP contribution is 2.07. The summed E-state index contributed by atoms with van der Waals surface area (Å²) in [6.45, 7) is 0. The summed E-state index contributed by atoms with van der Waals surface area (Å²) in [6, 6.07) is 7.96. The summed E-state index contributed by atoms with van der Waals surface area (Å²) in [7, 11) is 0. The van der Waals surface area contributed by atoms with Gasteiger partial charge in [-0.2, -0.15) is 0 Å². The highest BCUT2D eigenvalue weighted by atomic mass is 79.9. The van der Waals surface area contributed by atoms with Crippen molar-refractivity contribution < 1.29 is 0 Å². The maximum Gasteiger partial charge on any atom is 0.0316 e. The third kappa shape index (κ3) is 3.77. The smallest absolute Gasteiger partial charge is 0.0316 e. The van der Waals surface area contributed by atoms with Crippen LogP contribution in [0.4, 0.5) is 5.69 Å². The van der Waals surface area contributed by atoms with Gasteiger partial charge < -0.3 is 5.73 Å². The number of aryl methyl sites for hydroxylation is 1. The van der Waals surface area contributed by atoms with Gasteiger partial charge in [0.05, 0.1) is 0 Å². The molecular formula is C8H11Br2N. The van der Waals surface area contributed by atoms with Crippen molar-refractivity contribution in [1.29, 1.82) is 0 Å². The second kappa shape index (κ2) is 5.61. The van der Waals surface area contributed by atoms with Crippen molar-refractivity contribution in [1.82, 2.24) is 0 Å². The van der Waals surface area contributed by atoms with Gasteiger partial charge in [0, 0.05) is 11.0 Å². The predicted octanol–water partition coefficient (Wildman–Crippen LogP) is 2.78. The summed E-state index contributed by atoms with van der Waals surface area (Å²) in [6.07, 6.45) is 1.05. The molecule has 0 aliphatic heterocycles. The Labute approximate surface area is 85.9 Å². The van der Waals surface area contributed by atoms with Gasteiger partial charge in [-0.05, 0) is 24.1 Å². The predicted molar refractivity (Wildman–Crippen MR) is 58.7 cm³/mol. The summed E-state index contributed by atoms with van der Waals surface area (Å²) in [5.41, 5.74) is 7.71. The first-order valence-electron chi connectivity index (χ1n) is 3.23. The highest BCUT2D eigenvalue weighted by Gasteiger charge is 1.89. The summed E-state index contributed by atoms with van der Waals surface area (Å²) in [4.78, 5) is 0. The molecule has 0 aliphatic rings. The van der Waals surface area contributed by atoms with Crippen molar-refractivity contribution in [3.63, 3.8) is 0 Å². The van der Waals surface area contributed by atoms with E-state index >= 15 is 0 Å². The molecule has 1 rings (SSSR count). The number of halogens is 2. The van der Waals surface area contributed by atoms with E-state index in [1.165, 1.54) is 5.56 Å². The molecule has 0 spiro atoms. The lowest BCUT2D eigenvalue weighted by atomic mass is 10.1. The second-order valence-electron chi connectivity index (χ2n) is 2.18. The van der Waals surface area contributed by atoms with Crippen molar-refractivity contribution in [3.05, 3.63) is 29.8 Å². The summed E-state index contributed by atoms with van der Waals surface area (Å²) in [5.74, 6) is 0. The van der Waals surface area contributed by atoms with Gasteiger partial charge in [-0.15, -0.1) is 17.0 Å². The molecule has 0 saturated carbocycles. The van der Waals surface area contributed by atoms with Crippen LogP contribution in [0.25, 0.3) is 0 Å². The molecule has 1 aromatic carbocycles. The van der Waals surface area contributed by atoms with Crippen molar-refractivity contribution in [2.24, 2.45) is 0 Å². The van der Waals surface area contributed by atoms with Crippen LogP contribution in [0.5, 0.6) is 0 Å². The van der Waals surface area contributed by atoms with E-state index in [0.717, 1.165) is 17.4 Å². The maximum absolute atomic E-state index is 5.57. The molecule has 0 aliphatic carbocycles. The molecule has 0 heterocycles. The SMILES string of the molecule is Br.Nc1cccc(CCBr)c1. The van der Waals surface area contributed by atoms with E-state index in [1.54, 1.807) is 0 Å². The molecule has 0 fully saturated rings. The van der Waals surface area contributed by atoms with Crippen molar-refractivity contribution >= 4 is 38.6 Å². The van der Waals surface area contributed by atoms with Gasteiger partial charge in [0.25, 0.3) is 0 Å². The number of alkyl halides is 1. The first-order valence-corrected chi connectivity index (χ1v) is 4.35. The molecule has 0 aromatic heterocycles. The molecule has 0 saturated heterocycles. The standard InChI is InChI=1S/C8H10BrN.BrH/c9-5-4-7-2-1-3-8(10)6-7;/h1-3,6H,4-5,10H2;1H. The van der Waals surface area contributed by atoms with Crippen LogP contribution in [-0.4, -0.2) is 5.33 Å². The number of hydrogen-bond donors (Lipinski definition) is 1. The third-order valence-corrected chi connectivity index (χ3v) is 1.73. The number of benzene rings is 1. The molecule has 11 heavy (non-hydrogen) atoms.